The summed E-state index contributed by atoms with van der Waals surface area (Å²) in [6.07, 6.45) is 2.46. The highest BCUT2D eigenvalue weighted by Crippen LogP contribution is 2.28. The number of nitrogens with zero attached hydrogens (tertiary/aromatic N) is 2. The normalized spacial score (nSPS) is 10.6. The van der Waals surface area contributed by atoms with Crippen LogP contribution in [0.4, 0.5) is 5.82 Å². The number of carbonyl (C=O) groups excluding carboxylic acids is 1. The van der Waals surface area contributed by atoms with Crippen molar-refractivity contribution in [2.24, 2.45) is 0 Å². The van der Waals surface area contributed by atoms with E-state index in [0.717, 1.165) is 28.0 Å². The number of amides is 1. The van der Waals surface area contributed by atoms with Crippen LogP contribution >= 0.6 is 11.3 Å². The lowest BCUT2D eigenvalue weighted by Gasteiger charge is -2.06. The maximum atomic E-state index is 11.5. The Labute approximate surface area is 110 Å². The third kappa shape index (κ3) is 2.76. The number of thiophene rings is 1. The SMILES string of the molecule is CCCNC(=O)CNc1ncnc2c(C)csc12. The maximum absolute atomic E-state index is 11.5. The Morgan fingerprint density at radius 1 is 1.44 bits per heavy atom. The summed E-state index contributed by atoms with van der Waals surface area (Å²) in [6, 6.07) is 0. The standard InChI is InChI=1S/C12H16N4OS/c1-3-4-13-9(17)5-14-12-11-10(15-7-16-12)8(2)6-18-11/h6-7H,3-5H2,1-2H3,(H,13,17)(H,14,15,16). The third-order valence-corrected chi connectivity index (χ3v) is 3.61. The first-order valence-electron chi connectivity index (χ1n) is 5.91. The first kappa shape index (κ1) is 12.8. The number of fused-ring (bicyclic) bond motifs is 1. The molecule has 0 spiro atoms. The molecule has 2 N–H and O–H groups in total. The van der Waals surface area contributed by atoms with Gasteiger partial charge in [-0.25, -0.2) is 9.97 Å². The van der Waals surface area contributed by atoms with Crippen LogP contribution in [0.1, 0.15) is 18.9 Å². The van der Waals surface area contributed by atoms with Gasteiger partial charge in [0.15, 0.2) is 0 Å². The minimum Gasteiger partial charge on any atom is -0.360 e. The predicted molar refractivity (Wildman–Crippen MR) is 73.9 cm³/mol. The smallest absolute Gasteiger partial charge is 0.239 e. The molecule has 0 unspecified atom stereocenters. The number of rotatable bonds is 5. The van der Waals surface area contributed by atoms with Crippen molar-refractivity contribution < 1.29 is 4.79 Å². The molecule has 2 heterocycles. The molecule has 2 aromatic heterocycles. The summed E-state index contributed by atoms with van der Waals surface area (Å²) in [5.41, 5.74) is 2.09. The molecule has 0 saturated carbocycles. The molecule has 2 aromatic rings. The van der Waals surface area contributed by atoms with Crippen molar-refractivity contribution in [2.45, 2.75) is 20.3 Å². The van der Waals surface area contributed by atoms with Crippen LogP contribution in [0.15, 0.2) is 11.7 Å². The fourth-order valence-corrected chi connectivity index (χ4v) is 2.55. The Hall–Kier alpha value is -1.69. The number of aryl methyl sites for hydroxylation is 1. The van der Waals surface area contributed by atoms with Gasteiger partial charge in [-0.2, -0.15) is 0 Å². The Kier molecular flexibility index (Phi) is 4.09. The highest BCUT2D eigenvalue weighted by atomic mass is 32.1. The minimum atomic E-state index is -0.0168. The van der Waals surface area contributed by atoms with Gasteiger partial charge in [0.2, 0.25) is 5.91 Å². The summed E-state index contributed by atoms with van der Waals surface area (Å²) >= 11 is 1.59. The summed E-state index contributed by atoms with van der Waals surface area (Å²) in [7, 11) is 0. The van der Waals surface area contributed by atoms with Gasteiger partial charge in [0.25, 0.3) is 0 Å². The van der Waals surface area contributed by atoms with E-state index in [1.807, 2.05) is 19.2 Å². The minimum absolute atomic E-state index is 0.0168. The highest BCUT2D eigenvalue weighted by molar-refractivity contribution is 7.18. The lowest BCUT2D eigenvalue weighted by atomic mass is 10.3. The molecule has 0 aliphatic heterocycles. The van der Waals surface area contributed by atoms with Crippen LogP contribution in [0.5, 0.6) is 0 Å². The van der Waals surface area contributed by atoms with Crippen molar-refractivity contribution in [3.63, 3.8) is 0 Å². The Morgan fingerprint density at radius 2 is 2.28 bits per heavy atom. The van der Waals surface area contributed by atoms with Crippen LogP contribution < -0.4 is 10.6 Å². The second-order valence-electron chi connectivity index (χ2n) is 4.02. The molecule has 6 heteroatoms. The van der Waals surface area contributed by atoms with E-state index in [0.29, 0.717) is 6.54 Å². The van der Waals surface area contributed by atoms with Gasteiger partial charge in [0, 0.05) is 6.54 Å². The molecule has 0 atom stereocenters. The summed E-state index contributed by atoms with van der Waals surface area (Å²) in [5.74, 6) is 0.710. The second kappa shape index (κ2) is 5.77. The fraction of sp³-hybridized carbons (Fsp3) is 0.417. The summed E-state index contributed by atoms with van der Waals surface area (Å²) < 4.78 is 0.998. The molecule has 1 amide bonds. The molecule has 0 fully saturated rings. The molecule has 0 radical (unpaired) electrons. The van der Waals surface area contributed by atoms with Crippen LogP contribution in [-0.2, 0) is 4.79 Å². The van der Waals surface area contributed by atoms with Crippen LogP contribution in [0.2, 0.25) is 0 Å². The lowest BCUT2D eigenvalue weighted by molar-refractivity contribution is -0.119. The molecular formula is C12H16N4OS. The molecule has 96 valence electrons. The van der Waals surface area contributed by atoms with Crippen molar-refractivity contribution in [3.8, 4) is 0 Å². The average Bonchev–Trinajstić information content (AvgIpc) is 2.76. The molecule has 0 aliphatic carbocycles. The maximum Gasteiger partial charge on any atom is 0.239 e. The molecule has 5 nitrogen and oxygen atoms in total. The number of anilines is 1. The zero-order valence-corrected chi connectivity index (χ0v) is 11.3. The average molecular weight is 264 g/mol. The second-order valence-corrected chi connectivity index (χ2v) is 4.90. The predicted octanol–water partition coefficient (Wildman–Crippen LogP) is 1.94. The van der Waals surface area contributed by atoms with Crippen LogP contribution in [0.3, 0.4) is 0 Å². The van der Waals surface area contributed by atoms with Crippen molar-refractivity contribution in [3.05, 3.63) is 17.3 Å². The molecular weight excluding hydrogens is 248 g/mol. The number of aromatic nitrogens is 2. The van der Waals surface area contributed by atoms with Crippen molar-refractivity contribution in [2.75, 3.05) is 18.4 Å². The Balaban J connectivity index is 2.06. The van der Waals surface area contributed by atoms with Gasteiger partial charge in [-0.3, -0.25) is 4.79 Å². The molecule has 0 aromatic carbocycles. The Morgan fingerprint density at radius 3 is 3.06 bits per heavy atom. The zero-order valence-electron chi connectivity index (χ0n) is 10.5. The van der Waals surface area contributed by atoms with E-state index in [4.69, 9.17) is 0 Å². The monoisotopic (exact) mass is 264 g/mol. The lowest BCUT2D eigenvalue weighted by Crippen LogP contribution is -2.30. The van der Waals surface area contributed by atoms with E-state index in [1.165, 1.54) is 6.33 Å². The van der Waals surface area contributed by atoms with Gasteiger partial charge in [0.05, 0.1) is 16.8 Å². The first-order valence-corrected chi connectivity index (χ1v) is 6.79. The number of hydrogen-bond acceptors (Lipinski definition) is 5. The van der Waals surface area contributed by atoms with Crippen LogP contribution in [-0.4, -0.2) is 29.0 Å². The summed E-state index contributed by atoms with van der Waals surface area (Å²) in [5, 5.41) is 7.91. The van der Waals surface area contributed by atoms with E-state index >= 15 is 0 Å². The van der Waals surface area contributed by atoms with Crippen LogP contribution in [0, 0.1) is 6.92 Å². The van der Waals surface area contributed by atoms with E-state index in [-0.39, 0.29) is 12.5 Å². The fourth-order valence-electron chi connectivity index (χ4n) is 1.59. The largest absolute Gasteiger partial charge is 0.360 e. The van der Waals surface area contributed by atoms with Gasteiger partial charge >= 0.3 is 0 Å². The molecule has 0 bridgehead atoms. The van der Waals surface area contributed by atoms with Gasteiger partial charge in [-0.15, -0.1) is 11.3 Å². The van der Waals surface area contributed by atoms with Crippen LogP contribution in [0.25, 0.3) is 10.2 Å². The molecule has 18 heavy (non-hydrogen) atoms. The van der Waals surface area contributed by atoms with E-state index in [1.54, 1.807) is 11.3 Å². The third-order valence-electron chi connectivity index (χ3n) is 2.52. The zero-order chi connectivity index (χ0) is 13.0. The van der Waals surface area contributed by atoms with E-state index in [9.17, 15) is 4.79 Å². The van der Waals surface area contributed by atoms with Gasteiger partial charge < -0.3 is 10.6 Å². The number of hydrogen-bond donors (Lipinski definition) is 2. The van der Waals surface area contributed by atoms with Gasteiger partial charge in [-0.05, 0) is 24.3 Å². The summed E-state index contributed by atoms with van der Waals surface area (Å²) in [6.45, 7) is 4.99. The Bertz CT molecular complexity index is 552. The van der Waals surface area contributed by atoms with E-state index in [2.05, 4.69) is 20.6 Å². The molecule has 0 saturated heterocycles. The van der Waals surface area contributed by atoms with Gasteiger partial charge in [-0.1, -0.05) is 6.92 Å². The van der Waals surface area contributed by atoms with E-state index < -0.39 is 0 Å². The quantitative estimate of drug-likeness (QED) is 0.866. The molecule has 2 rings (SSSR count). The van der Waals surface area contributed by atoms with Crippen molar-refractivity contribution in [1.29, 1.82) is 0 Å². The molecule has 0 aliphatic rings. The van der Waals surface area contributed by atoms with Crippen molar-refractivity contribution in [1.82, 2.24) is 15.3 Å². The first-order chi connectivity index (χ1) is 8.72. The number of carbonyl (C=O) groups is 1. The summed E-state index contributed by atoms with van der Waals surface area (Å²) in [4.78, 5) is 19.9. The highest BCUT2D eigenvalue weighted by Gasteiger charge is 2.08. The van der Waals surface area contributed by atoms with Crippen molar-refractivity contribution >= 4 is 33.3 Å². The topological polar surface area (TPSA) is 66.9 Å². The number of nitrogens with one attached hydrogen (secondary N) is 2. The van der Waals surface area contributed by atoms with Gasteiger partial charge in [0.1, 0.15) is 12.1 Å².